The molecule has 1 fully saturated rings. The van der Waals surface area contributed by atoms with Crippen LogP contribution < -0.4 is 4.74 Å². The van der Waals surface area contributed by atoms with E-state index >= 15 is 0 Å². The molecular formula is C17H18N4O. The normalized spacial score (nSPS) is 15.5. The van der Waals surface area contributed by atoms with E-state index in [1.54, 1.807) is 4.52 Å². The van der Waals surface area contributed by atoms with Crippen molar-refractivity contribution in [2.75, 3.05) is 0 Å². The third kappa shape index (κ3) is 2.43. The fraction of sp³-hybridized carbons (Fsp3) is 0.353. The van der Waals surface area contributed by atoms with E-state index in [0.29, 0.717) is 11.9 Å². The van der Waals surface area contributed by atoms with Crippen LogP contribution in [0.4, 0.5) is 0 Å². The molecule has 0 radical (unpaired) electrons. The van der Waals surface area contributed by atoms with Crippen molar-refractivity contribution in [2.45, 2.75) is 38.7 Å². The number of nitrogens with zero attached hydrogens (tertiary/aromatic N) is 4. The first kappa shape index (κ1) is 13.2. The minimum Gasteiger partial charge on any atom is -0.490 e. The average molecular weight is 294 g/mol. The molecule has 1 aliphatic rings. The van der Waals surface area contributed by atoms with Gasteiger partial charge in [0.05, 0.1) is 6.10 Å². The van der Waals surface area contributed by atoms with Crippen LogP contribution in [0, 0.1) is 6.92 Å². The van der Waals surface area contributed by atoms with Crippen molar-refractivity contribution in [3.8, 4) is 16.9 Å². The molecule has 2 heterocycles. The van der Waals surface area contributed by atoms with Crippen molar-refractivity contribution < 1.29 is 4.74 Å². The predicted molar refractivity (Wildman–Crippen MR) is 83.8 cm³/mol. The van der Waals surface area contributed by atoms with E-state index in [1.165, 1.54) is 24.7 Å². The van der Waals surface area contributed by atoms with Crippen molar-refractivity contribution in [2.24, 2.45) is 0 Å². The largest absolute Gasteiger partial charge is 0.490 e. The van der Waals surface area contributed by atoms with E-state index in [9.17, 15) is 0 Å². The lowest BCUT2D eigenvalue weighted by Crippen LogP contribution is -2.11. The second-order valence-electron chi connectivity index (χ2n) is 5.87. The molecule has 0 atom stereocenters. The van der Waals surface area contributed by atoms with Gasteiger partial charge in [-0.3, -0.25) is 0 Å². The van der Waals surface area contributed by atoms with E-state index in [0.717, 1.165) is 29.7 Å². The van der Waals surface area contributed by atoms with E-state index in [-0.39, 0.29) is 0 Å². The summed E-state index contributed by atoms with van der Waals surface area (Å²) in [6.45, 7) is 2.09. The van der Waals surface area contributed by atoms with Crippen molar-refractivity contribution in [3.05, 3.63) is 42.5 Å². The van der Waals surface area contributed by atoms with Crippen LogP contribution in [0.1, 0.15) is 31.2 Å². The molecule has 0 bridgehead atoms. The number of benzene rings is 1. The summed E-state index contributed by atoms with van der Waals surface area (Å²) in [4.78, 5) is 8.44. The van der Waals surface area contributed by atoms with Gasteiger partial charge in [0, 0.05) is 23.5 Å². The molecule has 1 aliphatic carbocycles. The molecule has 0 saturated heterocycles. The number of rotatable bonds is 3. The molecule has 112 valence electrons. The summed E-state index contributed by atoms with van der Waals surface area (Å²) >= 11 is 0. The second kappa shape index (κ2) is 5.40. The van der Waals surface area contributed by atoms with Crippen LogP contribution in [0.2, 0.25) is 0 Å². The highest BCUT2D eigenvalue weighted by Gasteiger charge is 2.18. The molecule has 5 heteroatoms. The first-order valence-electron chi connectivity index (χ1n) is 7.73. The first-order chi connectivity index (χ1) is 10.8. The molecule has 2 aromatic heterocycles. The Morgan fingerprint density at radius 3 is 2.91 bits per heavy atom. The number of fused-ring (bicyclic) bond motifs is 1. The highest BCUT2D eigenvalue weighted by Crippen LogP contribution is 2.33. The number of hydrogen-bond acceptors (Lipinski definition) is 4. The maximum Gasteiger partial charge on any atom is 0.252 e. The van der Waals surface area contributed by atoms with Gasteiger partial charge in [0.25, 0.3) is 5.78 Å². The molecule has 5 nitrogen and oxygen atoms in total. The van der Waals surface area contributed by atoms with Gasteiger partial charge < -0.3 is 4.74 Å². The monoisotopic (exact) mass is 294 g/mol. The van der Waals surface area contributed by atoms with Crippen molar-refractivity contribution in [3.63, 3.8) is 0 Å². The minimum atomic E-state index is 0.338. The van der Waals surface area contributed by atoms with E-state index < -0.39 is 0 Å². The Labute approximate surface area is 129 Å². The van der Waals surface area contributed by atoms with Gasteiger partial charge in [-0.25, -0.2) is 9.50 Å². The molecular weight excluding hydrogens is 276 g/mol. The van der Waals surface area contributed by atoms with E-state index in [2.05, 4.69) is 40.2 Å². The van der Waals surface area contributed by atoms with Gasteiger partial charge in [0.1, 0.15) is 12.1 Å². The summed E-state index contributed by atoms with van der Waals surface area (Å²) in [5, 5.41) is 4.16. The first-order valence-corrected chi connectivity index (χ1v) is 7.73. The number of aryl methyl sites for hydroxylation is 1. The summed E-state index contributed by atoms with van der Waals surface area (Å²) in [5.41, 5.74) is 3.26. The smallest absolute Gasteiger partial charge is 0.252 e. The third-order valence-corrected chi connectivity index (χ3v) is 4.18. The molecule has 3 aromatic rings. The zero-order valence-electron chi connectivity index (χ0n) is 12.6. The summed E-state index contributed by atoms with van der Waals surface area (Å²) in [5.74, 6) is 1.54. The lowest BCUT2D eigenvalue weighted by atomic mass is 10.0. The lowest BCUT2D eigenvalue weighted by Gasteiger charge is -2.17. The summed E-state index contributed by atoms with van der Waals surface area (Å²) < 4.78 is 7.93. The zero-order valence-corrected chi connectivity index (χ0v) is 12.6. The summed E-state index contributed by atoms with van der Waals surface area (Å²) in [6, 6.07) is 6.30. The van der Waals surface area contributed by atoms with Gasteiger partial charge in [0.2, 0.25) is 0 Å². The molecule has 0 amide bonds. The maximum absolute atomic E-state index is 6.24. The van der Waals surface area contributed by atoms with Crippen molar-refractivity contribution in [1.82, 2.24) is 19.6 Å². The number of ether oxygens (including phenoxy) is 1. The molecule has 22 heavy (non-hydrogen) atoms. The Bertz CT molecular complexity index is 805. The van der Waals surface area contributed by atoms with Gasteiger partial charge in [-0.05, 0) is 44.7 Å². The molecule has 0 unspecified atom stereocenters. The van der Waals surface area contributed by atoms with Gasteiger partial charge in [-0.2, -0.15) is 10.1 Å². The fourth-order valence-electron chi connectivity index (χ4n) is 3.02. The van der Waals surface area contributed by atoms with Gasteiger partial charge >= 0.3 is 0 Å². The summed E-state index contributed by atoms with van der Waals surface area (Å²) in [6.07, 6.45) is 10.5. The highest BCUT2D eigenvalue weighted by atomic mass is 16.5. The SMILES string of the molecule is Cc1ccc(OC2CCCC2)c(-c2cnc3ncnn3c2)c1. The molecule has 1 aromatic carbocycles. The van der Waals surface area contributed by atoms with Gasteiger partial charge in [0.15, 0.2) is 0 Å². The van der Waals surface area contributed by atoms with Crippen LogP contribution in [0.25, 0.3) is 16.9 Å². The molecule has 0 N–H and O–H groups in total. The third-order valence-electron chi connectivity index (χ3n) is 4.18. The summed E-state index contributed by atoms with van der Waals surface area (Å²) in [7, 11) is 0. The van der Waals surface area contributed by atoms with Crippen LogP contribution in [0.3, 0.4) is 0 Å². The molecule has 0 spiro atoms. The van der Waals surface area contributed by atoms with Crippen molar-refractivity contribution >= 4 is 5.78 Å². The maximum atomic E-state index is 6.24. The van der Waals surface area contributed by atoms with Gasteiger partial charge in [-0.1, -0.05) is 11.6 Å². The minimum absolute atomic E-state index is 0.338. The second-order valence-corrected chi connectivity index (χ2v) is 5.87. The average Bonchev–Trinajstić information content (AvgIpc) is 3.19. The Morgan fingerprint density at radius 1 is 1.18 bits per heavy atom. The number of aromatic nitrogens is 4. The fourth-order valence-corrected chi connectivity index (χ4v) is 3.02. The molecule has 0 aliphatic heterocycles. The van der Waals surface area contributed by atoms with Crippen LogP contribution in [0.15, 0.2) is 36.9 Å². The topological polar surface area (TPSA) is 52.3 Å². The molecule has 1 saturated carbocycles. The van der Waals surface area contributed by atoms with Crippen LogP contribution >= 0.6 is 0 Å². The van der Waals surface area contributed by atoms with E-state index in [4.69, 9.17) is 4.74 Å². The molecule has 4 rings (SSSR count). The van der Waals surface area contributed by atoms with E-state index in [1.807, 2.05) is 12.4 Å². The predicted octanol–water partition coefficient (Wildman–Crippen LogP) is 3.42. The Hall–Kier alpha value is -2.43. The number of hydrogen-bond donors (Lipinski definition) is 0. The standard InChI is InChI=1S/C17H18N4O/c1-12-6-7-16(22-14-4-2-3-5-14)15(8-12)13-9-18-17-19-11-20-21(17)10-13/h6-11,14H,2-5H2,1H3. The van der Waals surface area contributed by atoms with Gasteiger partial charge in [-0.15, -0.1) is 0 Å². The zero-order chi connectivity index (χ0) is 14.9. The Morgan fingerprint density at radius 2 is 2.05 bits per heavy atom. The van der Waals surface area contributed by atoms with Crippen LogP contribution in [-0.2, 0) is 0 Å². The quantitative estimate of drug-likeness (QED) is 0.742. The van der Waals surface area contributed by atoms with Crippen LogP contribution in [0.5, 0.6) is 5.75 Å². The lowest BCUT2D eigenvalue weighted by molar-refractivity contribution is 0.211. The Balaban J connectivity index is 1.76. The Kier molecular flexibility index (Phi) is 3.25. The highest BCUT2D eigenvalue weighted by molar-refractivity contribution is 5.70. The van der Waals surface area contributed by atoms with Crippen LogP contribution in [-0.4, -0.2) is 25.7 Å². The van der Waals surface area contributed by atoms with Crippen molar-refractivity contribution in [1.29, 1.82) is 0 Å².